The molecule has 0 radical (unpaired) electrons. The summed E-state index contributed by atoms with van der Waals surface area (Å²) in [5.41, 5.74) is 4.82. The van der Waals surface area contributed by atoms with Gasteiger partial charge in [-0.2, -0.15) is 0 Å². The van der Waals surface area contributed by atoms with Crippen LogP contribution < -0.4 is 4.90 Å². The molecule has 0 N–H and O–H groups in total. The van der Waals surface area contributed by atoms with Crippen molar-refractivity contribution in [3.63, 3.8) is 0 Å². The van der Waals surface area contributed by atoms with Crippen LogP contribution in [0.2, 0.25) is 0 Å². The average molecular weight is 242 g/mol. The number of nitrogens with zero attached hydrogens (tertiary/aromatic N) is 2. The molecule has 2 nitrogen and oxygen atoms in total. The summed E-state index contributed by atoms with van der Waals surface area (Å²) in [5, 5.41) is 0. The zero-order valence-electron chi connectivity index (χ0n) is 11.2. The van der Waals surface area contributed by atoms with Crippen LogP contribution in [0.25, 0.3) is 0 Å². The van der Waals surface area contributed by atoms with Crippen molar-refractivity contribution in [3.05, 3.63) is 29.3 Å². The molecular weight excluding hydrogens is 220 g/mol. The van der Waals surface area contributed by atoms with E-state index in [1.165, 1.54) is 38.9 Å². The lowest BCUT2D eigenvalue weighted by Crippen LogP contribution is -2.38. The maximum Gasteiger partial charge on any atom is 0.0447 e. The smallest absolute Gasteiger partial charge is 0.0447 e. The Morgan fingerprint density at radius 3 is 3.06 bits per heavy atom. The van der Waals surface area contributed by atoms with Gasteiger partial charge in [0.05, 0.1) is 0 Å². The maximum atomic E-state index is 2.68. The van der Waals surface area contributed by atoms with Crippen LogP contribution in [0, 0.1) is 5.92 Å². The third-order valence-electron chi connectivity index (χ3n) is 5.17. The minimum atomic E-state index is 0.861. The topological polar surface area (TPSA) is 6.48 Å². The second-order valence-corrected chi connectivity index (χ2v) is 6.34. The fourth-order valence-corrected chi connectivity index (χ4v) is 4.33. The average Bonchev–Trinajstić information content (AvgIpc) is 2.78. The van der Waals surface area contributed by atoms with Crippen molar-refractivity contribution in [2.45, 2.75) is 31.7 Å². The van der Waals surface area contributed by atoms with Crippen LogP contribution >= 0.6 is 0 Å². The molecule has 2 heterocycles. The van der Waals surface area contributed by atoms with E-state index in [0.717, 1.165) is 18.4 Å². The molecule has 0 amide bonds. The van der Waals surface area contributed by atoms with E-state index < -0.39 is 0 Å². The molecule has 3 aliphatic rings. The summed E-state index contributed by atoms with van der Waals surface area (Å²) in [6.07, 6.45) is 4.30. The van der Waals surface area contributed by atoms with Crippen LogP contribution in [0.15, 0.2) is 18.2 Å². The number of hydrogen-bond donors (Lipinski definition) is 0. The van der Waals surface area contributed by atoms with Gasteiger partial charge in [0.2, 0.25) is 0 Å². The molecule has 0 spiro atoms. The predicted molar refractivity (Wildman–Crippen MR) is 75.1 cm³/mol. The molecule has 2 atom stereocenters. The van der Waals surface area contributed by atoms with Crippen LogP contribution in [0.1, 0.15) is 36.3 Å². The highest BCUT2D eigenvalue weighted by atomic mass is 15.2. The molecule has 0 saturated heterocycles. The highest BCUT2D eigenvalue weighted by Gasteiger charge is 2.38. The monoisotopic (exact) mass is 242 g/mol. The van der Waals surface area contributed by atoms with E-state index in [2.05, 4.69) is 35.0 Å². The Morgan fingerprint density at radius 2 is 2.11 bits per heavy atom. The van der Waals surface area contributed by atoms with Crippen molar-refractivity contribution >= 4 is 5.69 Å². The second-order valence-electron chi connectivity index (χ2n) is 6.34. The Labute approximate surface area is 110 Å². The first-order valence-corrected chi connectivity index (χ1v) is 7.38. The van der Waals surface area contributed by atoms with Crippen LogP contribution in [0.5, 0.6) is 0 Å². The number of rotatable bonds is 0. The highest BCUT2D eigenvalue weighted by Crippen LogP contribution is 2.49. The Morgan fingerprint density at radius 1 is 1.17 bits per heavy atom. The lowest BCUT2D eigenvalue weighted by Gasteiger charge is -2.38. The number of hydrogen-bond acceptors (Lipinski definition) is 2. The quantitative estimate of drug-likeness (QED) is 0.690. The molecule has 2 unspecified atom stereocenters. The summed E-state index contributed by atoms with van der Waals surface area (Å²) >= 11 is 0. The molecule has 1 aliphatic carbocycles. The summed E-state index contributed by atoms with van der Waals surface area (Å²) in [4.78, 5) is 5.14. The van der Waals surface area contributed by atoms with Crippen LogP contribution in [0.4, 0.5) is 5.69 Å². The third-order valence-corrected chi connectivity index (χ3v) is 5.17. The summed E-state index contributed by atoms with van der Waals surface area (Å²) in [6.45, 7) is 4.84. The predicted octanol–water partition coefficient (Wildman–Crippen LogP) is 2.84. The molecule has 1 aromatic rings. The number of fused-ring (bicyclic) bond motifs is 2. The normalized spacial score (nSPS) is 30.8. The first-order chi connectivity index (χ1) is 8.83. The Balaban J connectivity index is 1.86. The molecule has 4 rings (SSSR count). The Hall–Kier alpha value is -1.02. The molecule has 2 aliphatic heterocycles. The van der Waals surface area contributed by atoms with Gasteiger partial charge in [-0.15, -0.1) is 0 Å². The third kappa shape index (κ3) is 1.51. The molecule has 1 saturated carbocycles. The number of likely N-dealkylation sites (N-methyl/N-ethyl adjacent to an activating group) is 1. The van der Waals surface area contributed by atoms with E-state index in [0.29, 0.717) is 0 Å². The first-order valence-electron chi connectivity index (χ1n) is 7.38. The van der Waals surface area contributed by atoms with E-state index in [1.54, 1.807) is 16.8 Å². The highest BCUT2D eigenvalue weighted by molar-refractivity contribution is 5.64. The van der Waals surface area contributed by atoms with Crippen LogP contribution in [-0.4, -0.2) is 31.6 Å². The SMILES string of the molecule is CN1CCN2CC3CCCC3c3cccc(c32)C1. The molecule has 0 bridgehead atoms. The van der Waals surface area contributed by atoms with Gasteiger partial charge in [0.1, 0.15) is 0 Å². The minimum absolute atomic E-state index is 0.861. The maximum absolute atomic E-state index is 2.68. The zero-order valence-corrected chi connectivity index (χ0v) is 11.2. The van der Waals surface area contributed by atoms with E-state index >= 15 is 0 Å². The van der Waals surface area contributed by atoms with Gasteiger partial charge in [-0.1, -0.05) is 24.6 Å². The summed E-state index contributed by atoms with van der Waals surface area (Å²) in [6, 6.07) is 7.02. The van der Waals surface area contributed by atoms with Gasteiger partial charge < -0.3 is 9.80 Å². The molecule has 18 heavy (non-hydrogen) atoms. The second kappa shape index (κ2) is 3.99. The molecule has 1 aromatic carbocycles. The number of anilines is 1. The van der Waals surface area contributed by atoms with Crippen molar-refractivity contribution in [1.82, 2.24) is 4.90 Å². The van der Waals surface area contributed by atoms with Crippen molar-refractivity contribution in [3.8, 4) is 0 Å². The van der Waals surface area contributed by atoms with Crippen LogP contribution in [0.3, 0.4) is 0 Å². The van der Waals surface area contributed by atoms with Gasteiger partial charge in [-0.3, -0.25) is 0 Å². The fraction of sp³-hybridized carbons (Fsp3) is 0.625. The number of para-hydroxylation sites is 1. The van der Waals surface area contributed by atoms with Gasteiger partial charge in [0.25, 0.3) is 0 Å². The van der Waals surface area contributed by atoms with Crippen molar-refractivity contribution in [2.75, 3.05) is 31.6 Å². The Bertz CT molecular complexity index is 468. The molecule has 96 valence electrons. The zero-order chi connectivity index (χ0) is 12.1. The Kier molecular flexibility index (Phi) is 2.41. The van der Waals surface area contributed by atoms with Gasteiger partial charge in [-0.25, -0.2) is 0 Å². The standard InChI is InChI=1S/C16H22N2/c1-17-8-9-18-11-12-4-2-6-14(12)15-7-3-5-13(10-17)16(15)18/h3,5,7,12,14H,2,4,6,8-11H2,1H3. The summed E-state index contributed by atoms with van der Waals surface area (Å²) < 4.78 is 0. The van der Waals surface area contributed by atoms with E-state index in [4.69, 9.17) is 0 Å². The number of benzene rings is 1. The van der Waals surface area contributed by atoms with E-state index in [9.17, 15) is 0 Å². The molecule has 2 heteroatoms. The minimum Gasteiger partial charge on any atom is -0.369 e. The van der Waals surface area contributed by atoms with Gasteiger partial charge in [0, 0.05) is 31.9 Å². The van der Waals surface area contributed by atoms with E-state index in [1.807, 2.05) is 0 Å². The van der Waals surface area contributed by atoms with E-state index in [-0.39, 0.29) is 0 Å². The largest absolute Gasteiger partial charge is 0.369 e. The van der Waals surface area contributed by atoms with Crippen molar-refractivity contribution in [1.29, 1.82) is 0 Å². The van der Waals surface area contributed by atoms with Crippen molar-refractivity contribution in [2.24, 2.45) is 5.92 Å². The lowest BCUT2D eigenvalue weighted by molar-refractivity contribution is 0.338. The summed E-state index contributed by atoms with van der Waals surface area (Å²) in [5.74, 6) is 1.79. The van der Waals surface area contributed by atoms with Gasteiger partial charge in [0.15, 0.2) is 0 Å². The van der Waals surface area contributed by atoms with Crippen LogP contribution in [-0.2, 0) is 6.54 Å². The van der Waals surface area contributed by atoms with Gasteiger partial charge >= 0.3 is 0 Å². The molecule has 1 fully saturated rings. The fourth-order valence-electron chi connectivity index (χ4n) is 4.33. The molecule has 0 aromatic heterocycles. The lowest BCUT2D eigenvalue weighted by atomic mass is 9.82. The first kappa shape index (κ1) is 10.9. The van der Waals surface area contributed by atoms with Gasteiger partial charge in [-0.05, 0) is 42.9 Å². The summed E-state index contributed by atoms with van der Waals surface area (Å²) in [7, 11) is 2.25. The molecular formula is C16H22N2. The van der Waals surface area contributed by atoms with Crippen molar-refractivity contribution < 1.29 is 0 Å².